The van der Waals surface area contributed by atoms with Crippen LogP contribution < -0.4 is 10.5 Å². The second-order valence-corrected chi connectivity index (χ2v) is 7.21. The van der Waals surface area contributed by atoms with Gasteiger partial charge in [-0.1, -0.05) is 54.1 Å². The molecule has 4 aromatic rings. The molecule has 31 heavy (non-hydrogen) atoms. The number of pyridine rings is 1. The predicted molar refractivity (Wildman–Crippen MR) is 125 cm³/mol. The Balaban J connectivity index is 0.000000210. The van der Waals surface area contributed by atoms with Gasteiger partial charge in [-0.2, -0.15) is 0 Å². The molecule has 0 unspecified atom stereocenters. The van der Waals surface area contributed by atoms with E-state index in [1.165, 1.54) is 5.56 Å². The summed E-state index contributed by atoms with van der Waals surface area (Å²) in [5.74, 6) is -0.0652. The van der Waals surface area contributed by atoms with E-state index >= 15 is 0 Å². The van der Waals surface area contributed by atoms with Crippen molar-refractivity contribution < 1.29 is 14.6 Å². The average molecular weight is 435 g/mol. The fourth-order valence-corrected chi connectivity index (χ4v) is 3.21. The number of aromatic nitrogens is 1. The van der Waals surface area contributed by atoms with Gasteiger partial charge >= 0.3 is 5.97 Å². The van der Waals surface area contributed by atoms with Crippen molar-refractivity contribution in [1.82, 2.24) is 4.98 Å². The Morgan fingerprint density at radius 2 is 1.71 bits per heavy atom. The maximum Gasteiger partial charge on any atom is 0.336 e. The van der Waals surface area contributed by atoms with Gasteiger partial charge in [-0.15, -0.1) is 0 Å². The maximum absolute atomic E-state index is 11.4. The lowest BCUT2D eigenvalue weighted by atomic mass is 10.0. The first-order chi connectivity index (χ1) is 15.0. The van der Waals surface area contributed by atoms with Gasteiger partial charge in [0.2, 0.25) is 0 Å². The van der Waals surface area contributed by atoms with E-state index in [9.17, 15) is 9.90 Å². The van der Waals surface area contributed by atoms with Crippen molar-refractivity contribution in [2.75, 3.05) is 13.7 Å². The number of hydrogen-bond acceptors (Lipinski definition) is 4. The largest absolute Gasteiger partial charge is 0.497 e. The van der Waals surface area contributed by atoms with E-state index in [-0.39, 0.29) is 5.56 Å². The number of carboxylic acids is 1. The lowest BCUT2D eigenvalue weighted by molar-refractivity contribution is 0.0699. The minimum atomic E-state index is -0.959. The van der Waals surface area contributed by atoms with E-state index in [1.54, 1.807) is 43.5 Å². The number of nitrogens with two attached hydrogens (primary N) is 1. The molecule has 5 nitrogen and oxygen atoms in total. The second kappa shape index (κ2) is 10.6. The van der Waals surface area contributed by atoms with Crippen LogP contribution in [0.3, 0.4) is 0 Å². The van der Waals surface area contributed by atoms with Gasteiger partial charge in [0.1, 0.15) is 5.75 Å². The van der Waals surface area contributed by atoms with E-state index in [0.717, 1.165) is 17.7 Å². The fraction of sp³-hybridized carbons (Fsp3) is 0.120. The molecular formula is C25H23ClN2O3. The number of carbonyl (C=O) groups is 1. The van der Waals surface area contributed by atoms with Crippen LogP contribution in [-0.4, -0.2) is 29.7 Å². The summed E-state index contributed by atoms with van der Waals surface area (Å²) in [4.78, 5) is 15.9. The van der Waals surface area contributed by atoms with Crippen LogP contribution in [0.25, 0.3) is 22.2 Å². The van der Waals surface area contributed by atoms with E-state index in [4.69, 9.17) is 22.1 Å². The molecule has 0 atom stereocenters. The first kappa shape index (κ1) is 22.3. The molecule has 0 aliphatic rings. The fourth-order valence-electron chi connectivity index (χ4n) is 3.08. The molecule has 6 heteroatoms. The summed E-state index contributed by atoms with van der Waals surface area (Å²) in [5, 5.41) is 10.6. The summed E-state index contributed by atoms with van der Waals surface area (Å²) in [6.07, 6.45) is 0.935. The molecule has 3 aromatic carbocycles. The van der Waals surface area contributed by atoms with E-state index in [2.05, 4.69) is 4.98 Å². The number of nitrogens with zero attached hydrogens (tertiary/aromatic N) is 1. The molecule has 4 rings (SSSR count). The Kier molecular flexibility index (Phi) is 7.60. The molecule has 1 heterocycles. The number of fused-ring (bicyclic) bond motifs is 1. The molecule has 0 fully saturated rings. The molecule has 0 saturated carbocycles. The molecule has 0 bridgehead atoms. The number of hydrogen-bond donors (Lipinski definition) is 2. The highest BCUT2D eigenvalue weighted by Crippen LogP contribution is 2.25. The van der Waals surface area contributed by atoms with Crippen LogP contribution in [-0.2, 0) is 6.42 Å². The molecular weight excluding hydrogens is 412 g/mol. The quantitative estimate of drug-likeness (QED) is 0.436. The van der Waals surface area contributed by atoms with Gasteiger partial charge in [0.25, 0.3) is 0 Å². The molecule has 1 aromatic heterocycles. The minimum Gasteiger partial charge on any atom is -0.497 e. The highest BCUT2D eigenvalue weighted by atomic mass is 35.5. The van der Waals surface area contributed by atoms with Gasteiger partial charge in [-0.05, 0) is 54.9 Å². The number of aromatic carboxylic acids is 1. The number of carboxylic acid groups (broad SMARTS) is 1. The number of benzene rings is 3. The first-order valence-electron chi connectivity index (χ1n) is 9.74. The second-order valence-electron chi connectivity index (χ2n) is 6.77. The number of para-hydroxylation sites is 1. The molecule has 0 saturated heterocycles. The Morgan fingerprint density at radius 1 is 1.03 bits per heavy atom. The maximum atomic E-state index is 11.4. The van der Waals surface area contributed by atoms with Crippen LogP contribution >= 0.6 is 11.6 Å². The normalized spacial score (nSPS) is 10.3. The summed E-state index contributed by atoms with van der Waals surface area (Å²) in [7, 11) is 1.66. The summed E-state index contributed by atoms with van der Waals surface area (Å²) >= 11 is 5.86. The summed E-state index contributed by atoms with van der Waals surface area (Å²) in [6.45, 7) is 0.701. The van der Waals surface area contributed by atoms with Crippen molar-refractivity contribution in [3.8, 4) is 17.0 Å². The van der Waals surface area contributed by atoms with Gasteiger partial charge in [0.15, 0.2) is 0 Å². The van der Waals surface area contributed by atoms with Gasteiger partial charge in [-0.3, -0.25) is 0 Å². The van der Waals surface area contributed by atoms with E-state index in [0.29, 0.717) is 28.2 Å². The van der Waals surface area contributed by atoms with E-state index in [1.807, 2.05) is 42.5 Å². The zero-order valence-electron chi connectivity index (χ0n) is 17.1. The van der Waals surface area contributed by atoms with Gasteiger partial charge in [0.05, 0.1) is 23.9 Å². The topological polar surface area (TPSA) is 85.4 Å². The lowest BCUT2D eigenvalue weighted by Crippen LogP contribution is -2.02. The molecule has 0 aliphatic carbocycles. The molecule has 158 valence electrons. The third-order valence-corrected chi connectivity index (χ3v) is 4.93. The summed E-state index contributed by atoms with van der Waals surface area (Å²) in [5.41, 5.74) is 9.03. The Hall–Kier alpha value is -3.41. The van der Waals surface area contributed by atoms with Gasteiger partial charge in [-0.25, -0.2) is 9.78 Å². The number of ether oxygens (including phenoxy) is 1. The summed E-state index contributed by atoms with van der Waals surface area (Å²) in [6, 6.07) is 23.9. The Labute approximate surface area is 186 Å². The molecule has 3 N–H and O–H groups in total. The third-order valence-electron chi connectivity index (χ3n) is 4.68. The van der Waals surface area contributed by atoms with Gasteiger partial charge in [0, 0.05) is 16.0 Å². The van der Waals surface area contributed by atoms with Crippen LogP contribution in [0.5, 0.6) is 5.75 Å². The predicted octanol–water partition coefficient (Wildman–Crippen LogP) is 5.45. The number of methoxy groups -OCH3 is 1. The Bertz CT molecular complexity index is 1160. The van der Waals surface area contributed by atoms with Gasteiger partial charge < -0.3 is 15.6 Å². The lowest BCUT2D eigenvalue weighted by Gasteiger charge is -2.07. The highest BCUT2D eigenvalue weighted by Gasteiger charge is 2.12. The van der Waals surface area contributed by atoms with Crippen LogP contribution in [0.15, 0.2) is 78.9 Å². The zero-order valence-corrected chi connectivity index (χ0v) is 17.8. The Morgan fingerprint density at radius 3 is 2.32 bits per heavy atom. The average Bonchev–Trinajstić information content (AvgIpc) is 2.80. The molecule has 0 spiro atoms. The minimum absolute atomic E-state index is 0.251. The van der Waals surface area contributed by atoms with Crippen LogP contribution in [0.4, 0.5) is 0 Å². The smallest absolute Gasteiger partial charge is 0.336 e. The number of halogens is 1. The van der Waals surface area contributed by atoms with Crippen molar-refractivity contribution in [3.05, 3.63) is 95.0 Å². The van der Waals surface area contributed by atoms with Crippen LogP contribution in [0, 0.1) is 0 Å². The molecule has 0 aliphatic heterocycles. The van der Waals surface area contributed by atoms with Crippen molar-refractivity contribution in [2.45, 2.75) is 6.42 Å². The summed E-state index contributed by atoms with van der Waals surface area (Å²) < 4.78 is 5.02. The van der Waals surface area contributed by atoms with Crippen molar-refractivity contribution in [3.63, 3.8) is 0 Å². The molecule has 0 radical (unpaired) electrons. The monoisotopic (exact) mass is 434 g/mol. The first-order valence-corrected chi connectivity index (χ1v) is 10.1. The van der Waals surface area contributed by atoms with Crippen molar-refractivity contribution >= 4 is 28.5 Å². The highest BCUT2D eigenvalue weighted by molar-refractivity contribution is 6.30. The van der Waals surface area contributed by atoms with Crippen LogP contribution in [0.1, 0.15) is 15.9 Å². The molecule has 0 amide bonds. The number of rotatable bonds is 5. The third kappa shape index (κ3) is 5.81. The SMILES string of the molecule is COc1ccc(CCN)cc1.O=C(O)c1cc(-c2ccc(Cl)cc2)nc2ccccc12. The van der Waals surface area contributed by atoms with Crippen LogP contribution in [0.2, 0.25) is 5.02 Å². The standard InChI is InChI=1S/C16H10ClNO2.C9H13NO/c17-11-7-5-10(6-8-11)15-9-13(16(19)20)12-3-1-2-4-14(12)18-15;1-11-9-4-2-8(3-5-9)6-7-10/h1-9H,(H,19,20);2-5H,6-7,10H2,1H3. The van der Waals surface area contributed by atoms with E-state index < -0.39 is 5.97 Å². The van der Waals surface area contributed by atoms with Crippen molar-refractivity contribution in [1.29, 1.82) is 0 Å². The van der Waals surface area contributed by atoms with Crippen molar-refractivity contribution in [2.24, 2.45) is 5.73 Å². The zero-order chi connectivity index (χ0) is 22.2.